The van der Waals surface area contributed by atoms with Crippen molar-refractivity contribution < 1.29 is 4.79 Å². The van der Waals surface area contributed by atoms with E-state index >= 15 is 0 Å². The molecule has 0 aliphatic carbocycles. The van der Waals surface area contributed by atoms with Gasteiger partial charge in [0.25, 0.3) is 5.91 Å². The molecule has 5 heteroatoms. The van der Waals surface area contributed by atoms with Crippen molar-refractivity contribution >= 4 is 33.4 Å². The standard InChI is InChI=1S/C14H20BrClN2O/c1-3-6-18(4-2)7-5-17-14(19)11-8-12(15)10-13(16)9-11/h8-10H,3-7H2,1-2H3,(H,17,19). The van der Waals surface area contributed by atoms with Gasteiger partial charge < -0.3 is 10.2 Å². The topological polar surface area (TPSA) is 32.3 Å². The fourth-order valence-electron chi connectivity index (χ4n) is 1.86. The van der Waals surface area contributed by atoms with Crippen LogP contribution in [0.2, 0.25) is 5.02 Å². The Labute approximate surface area is 128 Å². The second kappa shape index (κ2) is 8.56. The summed E-state index contributed by atoms with van der Waals surface area (Å²) in [6.07, 6.45) is 1.13. The first-order valence-corrected chi connectivity index (χ1v) is 7.70. The fourth-order valence-corrected chi connectivity index (χ4v) is 2.72. The van der Waals surface area contributed by atoms with Gasteiger partial charge in [-0.2, -0.15) is 0 Å². The number of nitrogens with one attached hydrogen (secondary N) is 1. The molecule has 0 aromatic heterocycles. The summed E-state index contributed by atoms with van der Waals surface area (Å²) < 4.78 is 0.811. The first-order chi connectivity index (χ1) is 9.06. The van der Waals surface area contributed by atoms with Crippen LogP contribution in [-0.2, 0) is 0 Å². The minimum atomic E-state index is -0.0873. The van der Waals surface area contributed by atoms with Crippen LogP contribution < -0.4 is 5.32 Å². The maximum Gasteiger partial charge on any atom is 0.251 e. The number of rotatable bonds is 7. The smallest absolute Gasteiger partial charge is 0.251 e. The van der Waals surface area contributed by atoms with Crippen LogP contribution in [-0.4, -0.2) is 37.0 Å². The van der Waals surface area contributed by atoms with Crippen LogP contribution >= 0.6 is 27.5 Å². The van der Waals surface area contributed by atoms with Gasteiger partial charge in [-0.3, -0.25) is 4.79 Å². The first-order valence-electron chi connectivity index (χ1n) is 6.53. The van der Waals surface area contributed by atoms with Crippen molar-refractivity contribution in [2.45, 2.75) is 20.3 Å². The molecule has 0 spiro atoms. The minimum Gasteiger partial charge on any atom is -0.351 e. The zero-order chi connectivity index (χ0) is 14.3. The average Bonchev–Trinajstić information content (AvgIpc) is 2.36. The molecule has 1 amide bonds. The molecule has 106 valence electrons. The van der Waals surface area contributed by atoms with Gasteiger partial charge in [0.1, 0.15) is 0 Å². The molecule has 0 atom stereocenters. The molecule has 0 unspecified atom stereocenters. The number of hydrogen-bond donors (Lipinski definition) is 1. The van der Waals surface area contributed by atoms with Gasteiger partial charge in [0, 0.05) is 28.1 Å². The second-order valence-corrected chi connectivity index (χ2v) is 5.70. The molecule has 0 saturated heterocycles. The molecule has 3 nitrogen and oxygen atoms in total. The van der Waals surface area contributed by atoms with E-state index in [1.165, 1.54) is 0 Å². The molecule has 0 bridgehead atoms. The Morgan fingerprint density at radius 3 is 2.63 bits per heavy atom. The number of benzene rings is 1. The van der Waals surface area contributed by atoms with E-state index in [2.05, 4.69) is 40.0 Å². The Hall–Kier alpha value is -0.580. The van der Waals surface area contributed by atoms with Gasteiger partial charge in [0.15, 0.2) is 0 Å². The Kier molecular flexibility index (Phi) is 7.42. The predicted molar refractivity (Wildman–Crippen MR) is 83.9 cm³/mol. The summed E-state index contributed by atoms with van der Waals surface area (Å²) in [6, 6.07) is 5.20. The fraction of sp³-hybridized carbons (Fsp3) is 0.500. The number of hydrogen-bond acceptors (Lipinski definition) is 2. The van der Waals surface area contributed by atoms with E-state index in [1.807, 2.05) is 0 Å². The van der Waals surface area contributed by atoms with Crippen LogP contribution in [0.15, 0.2) is 22.7 Å². The number of halogens is 2. The third-order valence-electron chi connectivity index (χ3n) is 2.83. The maximum atomic E-state index is 12.0. The Morgan fingerprint density at radius 2 is 2.05 bits per heavy atom. The molecular formula is C14H20BrClN2O. The number of carbonyl (C=O) groups excluding carboxylic acids is 1. The summed E-state index contributed by atoms with van der Waals surface area (Å²) in [6.45, 7) is 7.88. The summed E-state index contributed by atoms with van der Waals surface area (Å²) in [7, 11) is 0. The van der Waals surface area contributed by atoms with E-state index in [-0.39, 0.29) is 5.91 Å². The van der Waals surface area contributed by atoms with E-state index in [0.29, 0.717) is 17.1 Å². The van der Waals surface area contributed by atoms with E-state index in [9.17, 15) is 4.79 Å². The van der Waals surface area contributed by atoms with E-state index in [1.54, 1.807) is 18.2 Å². The van der Waals surface area contributed by atoms with Gasteiger partial charge in [0.2, 0.25) is 0 Å². The van der Waals surface area contributed by atoms with Gasteiger partial charge in [-0.25, -0.2) is 0 Å². The van der Waals surface area contributed by atoms with Gasteiger partial charge in [-0.1, -0.05) is 41.4 Å². The van der Waals surface area contributed by atoms with Crippen molar-refractivity contribution in [3.63, 3.8) is 0 Å². The van der Waals surface area contributed by atoms with Crippen LogP contribution in [0, 0.1) is 0 Å². The monoisotopic (exact) mass is 346 g/mol. The van der Waals surface area contributed by atoms with Crippen LogP contribution in [0.3, 0.4) is 0 Å². The Bertz CT molecular complexity index is 406. The SMILES string of the molecule is CCCN(CC)CCNC(=O)c1cc(Cl)cc(Br)c1. The first kappa shape index (κ1) is 16.5. The van der Waals surface area contributed by atoms with Crippen molar-refractivity contribution in [3.8, 4) is 0 Å². The summed E-state index contributed by atoms with van der Waals surface area (Å²) in [5, 5.41) is 3.47. The molecule has 0 radical (unpaired) electrons. The summed E-state index contributed by atoms with van der Waals surface area (Å²) in [5.74, 6) is -0.0873. The highest BCUT2D eigenvalue weighted by molar-refractivity contribution is 9.10. The largest absolute Gasteiger partial charge is 0.351 e. The van der Waals surface area contributed by atoms with Crippen molar-refractivity contribution in [2.75, 3.05) is 26.2 Å². The molecule has 0 aliphatic rings. The number of amides is 1. The average molecular weight is 348 g/mol. The van der Waals surface area contributed by atoms with E-state index < -0.39 is 0 Å². The molecule has 19 heavy (non-hydrogen) atoms. The predicted octanol–water partition coefficient (Wildman–Crippen LogP) is 3.56. The molecular weight excluding hydrogens is 328 g/mol. The molecule has 0 saturated carbocycles. The van der Waals surface area contributed by atoms with Crippen LogP contribution in [0.5, 0.6) is 0 Å². The molecule has 1 rings (SSSR count). The summed E-state index contributed by atoms with van der Waals surface area (Å²) >= 11 is 9.26. The Morgan fingerprint density at radius 1 is 1.32 bits per heavy atom. The van der Waals surface area contributed by atoms with Crippen molar-refractivity contribution in [2.24, 2.45) is 0 Å². The van der Waals surface area contributed by atoms with E-state index in [4.69, 9.17) is 11.6 Å². The zero-order valence-corrected chi connectivity index (χ0v) is 13.7. The van der Waals surface area contributed by atoms with Gasteiger partial charge in [-0.05, 0) is 37.7 Å². The van der Waals surface area contributed by atoms with Crippen molar-refractivity contribution in [1.29, 1.82) is 0 Å². The summed E-state index contributed by atoms with van der Waals surface area (Å²) in [4.78, 5) is 14.3. The lowest BCUT2D eigenvalue weighted by Gasteiger charge is -2.19. The highest BCUT2D eigenvalue weighted by atomic mass is 79.9. The van der Waals surface area contributed by atoms with Gasteiger partial charge in [0.05, 0.1) is 0 Å². The highest BCUT2D eigenvalue weighted by Gasteiger charge is 2.08. The number of likely N-dealkylation sites (N-methyl/N-ethyl adjacent to an activating group) is 1. The Balaban J connectivity index is 2.46. The molecule has 1 aromatic rings. The number of carbonyl (C=O) groups is 1. The molecule has 0 heterocycles. The lowest BCUT2D eigenvalue weighted by Crippen LogP contribution is -2.35. The van der Waals surface area contributed by atoms with E-state index in [0.717, 1.165) is 30.5 Å². The minimum absolute atomic E-state index is 0.0873. The zero-order valence-electron chi connectivity index (χ0n) is 11.4. The molecule has 1 aromatic carbocycles. The van der Waals surface area contributed by atoms with Crippen LogP contribution in [0.25, 0.3) is 0 Å². The second-order valence-electron chi connectivity index (χ2n) is 4.35. The highest BCUT2D eigenvalue weighted by Crippen LogP contribution is 2.19. The molecule has 1 N–H and O–H groups in total. The lowest BCUT2D eigenvalue weighted by molar-refractivity contribution is 0.0948. The van der Waals surface area contributed by atoms with Gasteiger partial charge in [-0.15, -0.1) is 0 Å². The maximum absolute atomic E-state index is 12.0. The van der Waals surface area contributed by atoms with Crippen molar-refractivity contribution in [1.82, 2.24) is 10.2 Å². The summed E-state index contributed by atoms with van der Waals surface area (Å²) in [5.41, 5.74) is 0.581. The van der Waals surface area contributed by atoms with Gasteiger partial charge >= 0.3 is 0 Å². The third-order valence-corrected chi connectivity index (χ3v) is 3.50. The van der Waals surface area contributed by atoms with Crippen LogP contribution in [0.4, 0.5) is 0 Å². The third kappa shape index (κ3) is 5.93. The number of nitrogens with zero attached hydrogens (tertiary/aromatic N) is 1. The van der Waals surface area contributed by atoms with Crippen LogP contribution in [0.1, 0.15) is 30.6 Å². The molecule has 0 aliphatic heterocycles. The quantitative estimate of drug-likeness (QED) is 0.818. The van der Waals surface area contributed by atoms with Crippen molar-refractivity contribution in [3.05, 3.63) is 33.3 Å². The normalized spacial score (nSPS) is 10.8. The lowest BCUT2D eigenvalue weighted by atomic mass is 10.2. The molecule has 0 fully saturated rings.